The summed E-state index contributed by atoms with van der Waals surface area (Å²) in [5.74, 6) is -0.179. The molecule has 0 radical (unpaired) electrons. The summed E-state index contributed by atoms with van der Waals surface area (Å²) in [5, 5.41) is 3.29. The number of aromatic amines is 1. The average molecular weight is 281 g/mol. The van der Waals surface area contributed by atoms with Gasteiger partial charge in [-0.3, -0.25) is 9.59 Å². The molecule has 0 fully saturated rings. The zero-order valence-corrected chi connectivity index (χ0v) is 10.1. The first-order valence-corrected chi connectivity index (χ1v) is 5.44. The summed E-state index contributed by atoms with van der Waals surface area (Å²) < 4.78 is 0.770. The summed E-state index contributed by atoms with van der Waals surface area (Å²) in [4.78, 5) is 25.4. The lowest BCUT2D eigenvalue weighted by Gasteiger charge is -1.99. The number of halogens is 1. The number of aromatic nitrogens is 1. The number of rotatable bonds is 2. The van der Waals surface area contributed by atoms with E-state index in [1.165, 1.54) is 0 Å². The zero-order chi connectivity index (χ0) is 11.7. The second-order valence-corrected chi connectivity index (χ2v) is 4.23. The molecule has 0 saturated heterocycles. The highest BCUT2D eigenvalue weighted by Gasteiger charge is 2.13. The molecule has 2 rings (SSSR count). The lowest BCUT2D eigenvalue weighted by molar-refractivity contribution is 0.0964. The molecule has 1 aromatic carbocycles. The molecule has 1 heterocycles. The summed E-state index contributed by atoms with van der Waals surface area (Å²) >= 11 is 3.31. The highest BCUT2D eigenvalue weighted by Crippen LogP contribution is 2.25. The first-order chi connectivity index (χ1) is 7.67. The van der Waals surface area contributed by atoms with E-state index in [1.54, 1.807) is 19.3 Å². The molecule has 4 nitrogen and oxygen atoms in total. The largest absolute Gasteiger partial charge is 0.360 e. The number of carbonyl (C=O) groups is 2. The van der Waals surface area contributed by atoms with Crippen molar-refractivity contribution < 1.29 is 9.59 Å². The van der Waals surface area contributed by atoms with Crippen LogP contribution in [0.2, 0.25) is 0 Å². The standard InChI is InChI=1S/C11H9BrN2O2/c1-13-11(16)9-4-14-10-6(5-15)2-7(12)3-8(9)10/h2-5,14H,1H3,(H,13,16). The van der Waals surface area contributed by atoms with Crippen LogP contribution in [0.25, 0.3) is 10.9 Å². The molecule has 0 aliphatic heterocycles. The Labute approximate surface area is 100 Å². The van der Waals surface area contributed by atoms with Crippen LogP contribution in [-0.4, -0.2) is 24.2 Å². The molecule has 0 unspecified atom stereocenters. The molecule has 5 heteroatoms. The normalized spacial score (nSPS) is 10.4. The SMILES string of the molecule is CNC(=O)c1c[nH]c2c(C=O)cc(Br)cc12. The molecule has 0 aliphatic carbocycles. The Morgan fingerprint density at radius 1 is 1.50 bits per heavy atom. The molecule has 2 aromatic rings. The van der Waals surface area contributed by atoms with Gasteiger partial charge in [-0.2, -0.15) is 0 Å². The topological polar surface area (TPSA) is 62.0 Å². The van der Waals surface area contributed by atoms with E-state index < -0.39 is 0 Å². The Morgan fingerprint density at radius 3 is 2.88 bits per heavy atom. The highest BCUT2D eigenvalue weighted by molar-refractivity contribution is 9.10. The number of nitrogens with one attached hydrogen (secondary N) is 2. The van der Waals surface area contributed by atoms with Gasteiger partial charge in [0, 0.05) is 28.7 Å². The summed E-state index contributed by atoms with van der Waals surface area (Å²) in [7, 11) is 1.57. The van der Waals surface area contributed by atoms with Crippen LogP contribution in [0.5, 0.6) is 0 Å². The van der Waals surface area contributed by atoms with Gasteiger partial charge in [0.15, 0.2) is 6.29 Å². The van der Waals surface area contributed by atoms with Crippen LogP contribution < -0.4 is 5.32 Å². The molecule has 16 heavy (non-hydrogen) atoms. The Kier molecular flexibility index (Phi) is 2.78. The lowest BCUT2D eigenvalue weighted by atomic mass is 10.1. The first-order valence-electron chi connectivity index (χ1n) is 4.65. The molecule has 0 saturated carbocycles. The average Bonchev–Trinajstić information content (AvgIpc) is 2.70. The molecule has 0 spiro atoms. The number of hydrogen-bond donors (Lipinski definition) is 2. The Balaban J connectivity index is 2.76. The zero-order valence-electron chi connectivity index (χ0n) is 8.50. The van der Waals surface area contributed by atoms with Gasteiger partial charge in [0.25, 0.3) is 5.91 Å². The van der Waals surface area contributed by atoms with Gasteiger partial charge in [-0.15, -0.1) is 0 Å². The maximum Gasteiger partial charge on any atom is 0.253 e. The van der Waals surface area contributed by atoms with Gasteiger partial charge in [0.2, 0.25) is 0 Å². The van der Waals surface area contributed by atoms with E-state index >= 15 is 0 Å². The number of amides is 1. The maximum atomic E-state index is 11.6. The molecule has 0 atom stereocenters. The second-order valence-electron chi connectivity index (χ2n) is 3.32. The van der Waals surface area contributed by atoms with Crippen molar-refractivity contribution in [3.05, 3.63) is 33.9 Å². The number of fused-ring (bicyclic) bond motifs is 1. The second kappa shape index (κ2) is 4.09. The van der Waals surface area contributed by atoms with Crippen molar-refractivity contribution in [2.24, 2.45) is 0 Å². The number of aldehydes is 1. The van der Waals surface area contributed by atoms with Crippen molar-refractivity contribution in [2.45, 2.75) is 0 Å². The van der Waals surface area contributed by atoms with Crippen molar-refractivity contribution >= 4 is 39.0 Å². The van der Waals surface area contributed by atoms with Crippen molar-refractivity contribution in [3.63, 3.8) is 0 Å². The third-order valence-corrected chi connectivity index (χ3v) is 2.84. The van der Waals surface area contributed by atoms with Gasteiger partial charge in [0.05, 0.1) is 11.1 Å². The fraction of sp³-hybridized carbons (Fsp3) is 0.0909. The third kappa shape index (κ3) is 1.63. The predicted molar refractivity (Wildman–Crippen MR) is 64.8 cm³/mol. The van der Waals surface area contributed by atoms with Crippen LogP contribution in [0.1, 0.15) is 20.7 Å². The van der Waals surface area contributed by atoms with Gasteiger partial charge < -0.3 is 10.3 Å². The van der Waals surface area contributed by atoms with Crippen LogP contribution in [0.4, 0.5) is 0 Å². The summed E-state index contributed by atoms with van der Waals surface area (Å²) in [6.07, 6.45) is 2.36. The smallest absolute Gasteiger partial charge is 0.253 e. The fourth-order valence-electron chi connectivity index (χ4n) is 1.64. The Bertz CT molecular complexity index is 575. The van der Waals surface area contributed by atoms with Crippen LogP contribution in [0.3, 0.4) is 0 Å². The van der Waals surface area contributed by atoms with E-state index in [4.69, 9.17) is 0 Å². The summed E-state index contributed by atoms with van der Waals surface area (Å²) in [6, 6.07) is 3.52. The van der Waals surface area contributed by atoms with E-state index in [2.05, 4.69) is 26.2 Å². The monoisotopic (exact) mass is 280 g/mol. The van der Waals surface area contributed by atoms with Crippen molar-refractivity contribution in [1.29, 1.82) is 0 Å². The van der Waals surface area contributed by atoms with Crippen LogP contribution >= 0.6 is 15.9 Å². The first kappa shape index (κ1) is 10.9. The van der Waals surface area contributed by atoms with Gasteiger partial charge >= 0.3 is 0 Å². The van der Waals surface area contributed by atoms with Gasteiger partial charge in [0.1, 0.15) is 0 Å². The molecule has 2 N–H and O–H groups in total. The highest BCUT2D eigenvalue weighted by atomic mass is 79.9. The third-order valence-electron chi connectivity index (χ3n) is 2.38. The van der Waals surface area contributed by atoms with Crippen LogP contribution in [0.15, 0.2) is 22.8 Å². The molecule has 0 bridgehead atoms. The maximum absolute atomic E-state index is 11.6. The number of benzene rings is 1. The number of H-pyrrole nitrogens is 1. The minimum atomic E-state index is -0.179. The van der Waals surface area contributed by atoms with Crippen LogP contribution in [0, 0.1) is 0 Å². The number of hydrogen-bond acceptors (Lipinski definition) is 2. The molecule has 82 valence electrons. The molecular formula is C11H9BrN2O2. The molecule has 0 aliphatic rings. The lowest BCUT2D eigenvalue weighted by Crippen LogP contribution is -2.17. The van der Waals surface area contributed by atoms with E-state index in [1.807, 2.05) is 6.07 Å². The summed E-state index contributed by atoms with van der Waals surface area (Å²) in [6.45, 7) is 0. The fourth-order valence-corrected chi connectivity index (χ4v) is 2.11. The molecule has 1 amide bonds. The van der Waals surface area contributed by atoms with Crippen molar-refractivity contribution in [3.8, 4) is 0 Å². The van der Waals surface area contributed by atoms with Crippen molar-refractivity contribution in [2.75, 3.05) is 7.05 Å². The molecule has 1 aromatic heterocycles. The Morgan fingerprint density at radius 2 is 2.25 bits per heavy atom. The quantitative estimate of drug-likeness (QED) is 0.828. The summed E-state index contributed by atoms with van der Waals surface area (Å²) in [5.41, 5.74) is 1.73. The van der Waals surface area contributed by atoms with E-state index in [-0.39, 0.29) is 5.91 Å². The van der Waals surface area contributed by atoms with Gasteiger partial charge in [-0.05, 0) is 12.1 Å². The Hall–Kier alpha value is -1.62. The molecular weight excluding hydrogens is 272 g/mol. The van der Waals surface area contributed by atoms with E-state index in [0.717, 1.165) is 16.1 Å². The minimum Gasteiger partial charge on any atom is -0.360 e. The predicted octanol–water partition coefficient (Wildman–Crippen LogP) is 2.10. The van der Waals surface area contributed by atoms with Crippen LogP contribution in [-0.2, 0) is 0 Å². The minimum absolute atomic E-state index is 0.179. The van der Waals surface area contributed by atoms with Gasteiger partial charge in [-0.1, -0.05) is 15.9 Å². The van der Waals surface area contributed by atoms with Crippen molar-refractivity contribution in [1.82, 2.24) is 10.3 Å². The van der Waals surface area contributed by atoms with Gasteiger partial charge in [-0.25, -0.2) is 0 Å². The van der Waals surface area contributed by atoms with E-state index in [9.17, 15) is 9.59 Å². The van der Waals surface area contributed by atoms with E-state index in [0.29, 0.717) is 16.6 Å². The number of carbonyl (C=O) groups excluding carboxylic acids is 2.